The quantitative estimate of drug-likeness (QED) is 0.597. The van der Waals surface area contributed by atoms with Crippen molar-refractivity contribution in [2.45, 2.75) is 23.5 Å². The number of ether oxygens (including phenoxy) is 1. The van der Waals surface area contributed by atoms with Gasteiger partial charge in [-0.15, -0.1) is 10.2 Å². The average molecular weight is 396 g/mol. The third-order valence-electron chi connectivity index (χ3n) is 2.99. The van der Waals surface area contributed by atoms with Crippen LogP contribution in [-0.2, 0) is 11.0 Å². The van der Waals surface area contributed by atoms with E-state index >= 15 is 0 Å². The number of carbonyl (C=O) groups is 1. The van der Waals surface area contributed by atoms with Crippen molar-refractivity contribution in [2.24, 2.45) is 0 Å². The highest BCUT2D eigenvalue weighted by atomic mass is 35.5. The normalized spacial score (nSPS) is 12.7. The van der Waals surface area contributed by atoms with Gasteiger partial charge in [0.15, 0.2) is 0 Å². The summed E-state index contributed by atoms with van der Waals surface area (Å²) in [6.45, 7) is 1.49. The van der Waals surface area contributed by atoms with E-state index in [0.717, 1.165) is 11.8 Å². The number of rotatable bonds is 5. The molecule has 12 heteroatoms. The monoisotopic (exact) mass is 395 g/mol. The molecule has 0 saturated heterocycles. The molecule has 0 aliphatic carbocycles. The number of methoxy groups -OCH3 is 1. The van der Waals surface area contributed by atoms with Gasteiger partial charge in [-0.2, -0.15) is 13.2 Å². The van der Waals surface area contributed by atoms with Crippen molar-refractivity contribution in [2.75, 3.05) is 18.3 Å². The number of carbonyl (C=O) groups excluding carboxylic acids is 1. The molecule has 1 aromatic carbocycles. The Hall–Kier alpha value is -2.14. The van der Waals surface area contributed by atoms with E-state index in [4.69, 9.17) is 22.2 Å². The van der Waals surface area contributed by atoms with Gasteiger partial charge in [0.05, 0.1) is 18.0 Å². The molecule has 0 spiro atoms. The minimum absolute atomic E-state index is 0.243. The lowest BCUT2D eigenvalue weighted by atomic mass is 10.3. The Kier molecular flexibility index (Phi) is 5.68. The van der Waals surface area contributed by atoms with Crippen LogP contribution in [0.2, 0.25) is 5.02 Å². The molecule has 1 aromatic heterocycles. The molecule has 0 bridgehead atoms. The zero-order valence-corrected chi connectivity index (χ0v) is 14.5. The fourth-order valence-electron chi connectivity index (χ4n) is 1.77. The summed E-state index contributed by atoms with van der Waals surface area (Å²) in [5, 5.41) is 8.28. The van der Waals surface area contributed by atoms with Crippen LogP contribution < -0.4 is 15.9 Å². The molecule has 0 aliphatic rings. The minimum Gasteiger partial charge on any atom is -0.495 e. The predicted molar refractivity (Wildman–Crippen MR) is 87.1 cm³/mol. The van der Waals surface area contributed by atoms with Crippen molar-refractivity contribution in [1.29, 1.82) is 0 Å². The van der Waals surface area contributed by atoms with Gasteiger partial charge in [0, 0.05) is 5.02 Å². The standard InChI is InChI=1S/C13H13ClF3N5O2S/c1-6(25-12-21-20-11(22(12)18)13(15,16)17)10(23)19-8-5-7(14)3-4-9(8)24-2/h3-6H,18H2,1-2H3,(H,19,23)/t6-/m1/s1. The van der Waals surface area contributed by atoms with E-state index in [0.29, 0.717) is 21.1 Å². The Morgan fingerprint density at radius 3 is 2.68 bits per heavy atom. The fraction of sp³-hybridized carbons (Fsp3) is 0.308. The minimum atomic E-state index is -4.74. The van der Waals surface area contributed by atoms with Crippen molar-refractivity contribution >= 4 is 35.0 Å². The summed E-state index contributed by atoms with van der Waals surface area (Å²) in [6, 6.07) is 4.65. The molecule has 7 nitrogen and oxygen atoms in total. The Labute approximate surface area is 149 Å². The highest BCUT2D eigenvalue weighted by Gasteiger charge is 2.38. The predicted octanol–water partition coefficient (Wildman–Crippen LogP) is 2.79. The molecular weight excluding hydrogens is 383 g/mol. The number of nitrogens with zero attached hydrogens (tertiary/aromatic N) is 3. The van der Waals surface area contributed by atoms with E-state index in [9.17, 15) is 18.0 Å². The van der Waals surface area contributed by atoms with E-state index in [1.54, 1.807) is 12.1 Å². The molecule has 136 valence electrons. The molecule has 0 fully saturated rings. The maximum absolute atomic E-state index is 12.6. The van der Waals surface area contributed by atoms with Gasteiger partial charge >= 0.3 is 6.18 Å². The summed E-state index contributed by atoms with van der Waals surface area (Å²) < 4.78 is 43.4. The third-order valence-corrected chi connectivity index (χ3v) is 4.28. The van der Waals surface area contributed by atoms with Gasteiger partial charge in [-0.05, 0) is 25.1 Å². The van der Waals surface area contributed by atoms with Crippen LogP contribution in [0.15, 0.2) is 23.4 Å². The largest absolute Gasteiger partial charge is 0.495 e. The van der Waals surface area contributed by atoms with Crippen molar-refractivity contribution in [3.8, 4) is 5.75 Å². The number of alkyl halides is 3. The number of nitrogens with one attached hydrogen (secondary N) is 1. The van der Waals surface area contributed by atoms with E-state index in [1.807, 2.05) is 0 Å². The Balaban J connectivity index is 2.12. The maximum atomic E-state index is 12.6. The van der Waals surface area contributed by atoms with Crippen LogP contribution in [-0.4, -0.2) is 33.1 Å². The SMILES string of the molecule is COc1ccc(Cl)cc1NC(=O)[C@@H](C)Sc1nnc(C(F)(F)F)n1N. The van der Waals surface area contributed by atoms with Gasteiger partial charge in [0.25, 0.3) is 5.82 Å². The number of amides is 1. The van der Waals surface area contributed by atoms with Crippen LogP contribution in [0.1, 0.15) is 12.7 Å². The summed E-state index contributed by atoms with van der Waals surface area (Å²) in [5.74, 6) is 3.88. The molecule has 3 N–H and O–H groups in total. The molecular formula is C13H13ClF3N5O2S. The lowest BCUT2D eigenvalue weighted by Gasteiger charge is -2.14. The first-order valence-electron chi connectivity index (χ1n) is 6.72. The van der Waals surface area contributed by atoms with E-state index in [-0.39, 0.29) is 5.16 Å². The second-order valence-corrected chi connectivity index (χ2v) is 6.51. The summed E-state index contributed by atoms with van der Waals surface area (Å²) in [4.78, 5) is 12.3. The summed E-state index contributed by atoms with van der Waals surface area (Å²) in [7, 11) is 1.42. The van der Waals surface area contributed by atoms with Crippen molar-refractivity contribution in [3.05, 3.63) is 29.0 Å². The molecule has 2 aromatic rings. The fourth-order valence-corrected chi connectivity index (χ4v) is 2.72. The highest BCUT2D eigenvalue weighted by Crippen LogP contribution is 2.31. The molecule has 25 heavy (non-hydrogen) atoms. The maximum Gasteiger partial charge on any atom is 0.453 e. The number of benzene rings is 1. The summed E-state index contributed by atoms with van der Waals surface area (Å²) in [6.07, 6.45) is -4.74. The molecule has 1 amide bonds. The number of nitrogens with two attached hydrogens (primary N) is 1. The van der Waals surface area contributed by atoms with Crippen LogP contribution in [0.3, 0.4) is 0 Å². The zero-order valence-electron chi connectivity index (χ0n) is 13.0. The second-order valence-electron chi connectivity index (χ2n) is 4.77. The number of nitrogen functional groups attached to an aromatic ring is 1. The first kappa shape index (κ1) is 19.2. The first-order valence-corrected chi connectivity index (χ1v) is 7.98. The molecule has 0 saturated carbocycles. The zero-order chi connectivity index (χ0) is 18.8. The van der Waals surface area contributed by atoms with Crippen molar-refractivity contribution in [3.63, 3.8) is 0 Å². The molecule has 2 rings (SSSR count). The van der Waals surface area contributed by atoms with E-state index < -0.39 is 23.2 Å². The van der Waals surface area contributed by atoms with Gasteiger partial charge in [0.2, 0.25) is 11.1 Å². The Morgan fingerprint density at radius 1 is 1.44 bits per heavy atom. The molecule has 0 radical (unpaired) electrons. The molecule has 0 unspecified atom stereocenters. The number of hydrogen-bond donors (Lipinski definition) is 2. The third kappa shape index (κ3) is 4.48. The van der Waals surface area contributed by atoms with Crippen LogP contribution in [0.4, 0.5) is 18.9 Å². The van der Waals surface area contributed by atoms with E-state index in [1.165, 1.54) is 20.1 Å². The smallest absolute Gasteiger partial charge is 0.453 e. The average Bonchev–Trinajstić information content (AvgIpc) is 2.88. The van der Waals surface area contributed by atoms with Crippen LogP contribution in [0.25, 0.3) is 0 Å². The molecule has 1 atom stereocenters. The number of thioether (sulfide) groups is 1. The molecule has 1 heterocycles. The van der Waals surface area contributed by atoms with Crippen molar-refractivity contribution < 1.29 is 22.7 Å². The summed E-state index contributed by atoms with van der Waals surface area (Å²) >= 11 is 6.61. The van der Waals surface area contributed by atoms with Gasteiger partial charge in [0.1, 0.15) is 5.75 Å². The van der Waals surface area contributed by atoms with Gasteiger partial charge < -0.3 is 15.9 Å². The van der Waals surface area contributed by atoms with Gasteiger partial charge in [-0.25, -0.2) is 4.68 Å². The highest BCUT2D eigenvalue weighted by molar-refractivity contribution is 8.00. The van der Waals surface area contributed by atoms with Gasteiger partial charge in [-0.1, -0.05) is 23.4 Å². The second kappa shape index (κ2) is 7.40. The van der Waals surface area contributed by atoms with Crippen molar-refractivity contribution in [1.82, 2.24) is 14.9 Å². The molecule has 0 aliphatic heterocycles. The Bertz CT molecular complexity index is 784. The number of halogens is 4. The lowest BCUT2D eigenvalue weighted by molar-refractivity contribution is -0.146. The summed E-state index contributed by atoms with van der Waals surface area (Å²) in [5.41, 5.74) is 0.331. The number of aromatic nitrogens is 3. The number of hydrogen-bond acceptors (Lipinski definition) is 6. The van der Waals surface area contributed by atoms with Gasteiger partial charge in [-0.3, -0.25) is 4.79 Å². The first-order chi connectivity index (χ1) is 11.6. The van der Waals surface area contributed by atoms with Crippen LogP contribution >= 0.6 is 23.4 Å². The van der Waals surface area contributed by atoms with Crippen LogP contribution in [0.5, 0.6) is 5.75 Å². The Morgan fingerprint density at radius 2 is 2.12 bits per heavy atom. The topological polar surface area (TPSA) is 95.1 Å². The number of anilines is 1. The van der Waals surface area contributed by atoms with E-state index in [2.05, 4.69) is 15.5 Å². The lowest BCUT2D eigenvalue weighted by Crippen LogP contribution is -2.25. The van der Waals surface area contributed by atoms with Crippen LogP contribution in [0, 0.1) is 0 Å².